The molecule has 2 saturated heterocycles. The van der Waals surface area contributed by atoms with Gasteiger partial charge >= 0.3 is 6.03 Å². The van der Waals surface area contributed by atoms with E-state index in [1.165, 1.54) is 35.5 Å². The first-order valence-corrected chi connectivity index (χ1v) is 13.8. The van der Waals surface area contributed by atoms with Crippen LogP contribution in [0.1, 0.15) is 24.8 Å². The number of aromatic nitrogens is 2. The van der Waals surface area contributed by atoms with Crippen LogP contribution in [0, 0.1) is 5.82 Å². The number of anilines is 1. The Kier molecular flexibility index (Phi) is 5.95. The molecule has 3 aromatic heterocycles. The van der Waals surface area contributed by atoms with E-state index in [4.69, 9.17) is 9.72 Å². The van der Waals surface area contributed by atoms with Crippen molar-refractivity contribution in [3.8, 4) is 22.1 Å². The summed E-state index contributed by atoms with van der Waals surface area (Å²) >= 11 is 1.52. The molecule has 2 atom stereocenters. The van der Waals surface area contributed by atoms with E-state index in [2.05, 4.69) is 38.0 Å². The molecule has 4 aromatic rings. The Morgan fingerprint density at radius 3 is 2.82 bits per heavy atom. The normalized spacial score (nSPS) is 20.7. The van der Waals surface area contributed by atoms with Crippen molar-refractivity contribution in [2.24, 2.45) is 0 Å². The maximum absolute atomic E-state index is 14.8. The number of thiophene rings is 1. The molecule has 38 heavy (non-hydrogen) atoms. The fraction of sp³-hybridized carbons (Fsp3) is 0.321. The zero-order valence-corrected chi connectivity index (χ0v) is 21.4. The molecule has 0 radical (unpaired) electrons. The average Bonchev–Trinajstić information content (AvgIpc) is 3.27. The second-order valence-electron chi connectivity index (χ2n) is 10.2. The van der Waals surface area contributed by atoms with Crippen LogP contribution in [0.2, 0.25) is 0 Å². The van der Waals surface area contributed by atoms with E-state index in [0.717, 1.165) is 53.3 Å². The second-order valence-corrected chi connectivity index (χ2v) is 11.3. The van der Waals surface area contributed by atoms with Gasteiger partial charge in [0.25, 0.3) is 0 Å². The van der Waals surface area contributed by atoms with Gasteiger partial charge in [-0.15, -0.1) is 11.3 Å². The van der Waals surface area contributed by atoms with Crippen LogP contribution >= 0.6 is 11.3 Å². The van der Waals surface area contributed by atoms with Crippen LogP contribution in [0.5, 0.6) is 11.5 Å². The molecule has 2 bridgehead atoms. The summed E-state index contributed by atoms with van der Waals surface area (Å²) in [6.07, 6.45) is 6.82. The molecule has 5 heterocycles. The molecular formula is C28H27FN6O2S. The molecule has 194 valence electrons. The molecule has 8 nitrogen and oxygen atoms in total. The molecule has 2 amide bonds. The highest BCUT2D eigenvalue weighted by atomic mass is 32.1. The minimum atomic E-state index is -0.560. The minimum Gasteiger partial charge on any atom is -0.453 e. The molecular weight excluding hydrogens is 503 g/mol. The third-order valence-corrected chi connectivity index (χ3v) is 8.49. The number of rotatable bonds is 7. The van der Waals surface area contributed by atoms with Gasteiger partial charge in [-0.2, -0.15) is 0 Å². The average molecular weight is 531 g/mol. The number of piperazine rings is 1. The Morgan fingerprint density at radius 2 is 2.08 bits per heavy atom. The third kappa shape index (κ3) is 4.82. The van der Waals surface area contributed by atoms with Crippen LogP contribution in [-0.4, -0.2) is 52.1 Å². The van der Waals surface area contributed by atoms with E-state index >= 15 is 0 Å². The number of nitrogens with zero attached hydrogens (tertiary/aromatic N) is 3. The molecule has 1 aliphatic carbocycles. The molecule has 10 heteroatoms. The molecule has 1 unspecified atom stereocenters. The highest BCUT2D eigenvalue weighted by molar-refractivity contribution is 7.22. The number of benzene rings is 1. The summed E-state index contributed by atoms with van der Waals surface area (Å²) in [7, 11) is 0. The van der Waals surface area contributed by atoms with Gasteiger partial charge in [0.2, 0.25) is 0 Å². The van der Waals surface area contributed by atoms with E-state index in [-0.39, 0.29) is 17.8 Å². The Morgan fingerprint density at radius 1 is 1.16 bits per heavy atom. The lowest BCUT2D eigenvalue weighted by molar-refractivity contribution is 0.217. The lowest BCUT2D eigenvalue weighted by atomic mass is 10.2. The summed E-state index contributed by atoms with van der Waals surface area (Å²) < 4.78 is 21.6. The number of amides is 2. The number of hydrogen-bond acceptors (Lipinski definition) is 7. The SMILES string of the molecule is O=C(Nc1ccc(Oc2ccnc3cc(-c4ccc(CN5C[C@@H]6CC5CN6)cn4)sc23)c(F)c1)NC1CC1. The minimum absolute atomic E-state index is 0.0777. The van der Waals surface area contributed by atoms with E-state index in [1.807, 2.05) is 12.3 Å². The van der Waals surface area contributed by atoms with E-state index < -0.39 is 5.82 Å². The van der Waals surface area contributed by atoms with Crippen molar-refractivity contribution in [3.05, 3.63) is 66.2 Å². The van der Waals surface area contributed by atoms with Crippen LogP contribution < -0.4 is 20.7 Å². The Labute approximate surface area is 223 Å². The molecule has 3 aliphatic rings. The summed E-state index contributed by atoms with van der Waals surface area (Å²) in [4.78, 5) is 24.7. The maximum atomic E-state index is 14.8. The summed E-state index contributed by atoms with van der Waals surface area (Å²) in [5, 5.41) is 9.02. The number of nitrogens with one attached hydrogen (secondary N) is 3. The molecule has 3 N–H and O–H groups in total. The number of halogens is 1. The van der Waals surface area contributed by atoms with E-state index in [1.54, 1.807) is 18.3 Å². The van der Waals surface area contributed by atoms with Gasteiger partial charge in [0.05, 0.1) is 20.8 Å². The van der Waals surface area contributed by atoms with Gasteiger partial charge in [-0.3, -0.25) is 14.9 Å². The van der Waals surface area contributed by atoms with Gasteiger partial charge < -0.3 is 20.7 Å². The fourth-order valence-corrected chi connectivity index (χ4v) is 6.26. The molecule has 7 rings (SSSR count). The zero-order chi connectivity index (χ0) is 25.6. The first-order chi connectivity index (χ1) is 18.6. The third-order valence-electron chi connectivity index (χ3n) is 7.33. The monoisotopic (exact) mass is 530 g/mol. The molecule has 3 fully saturated rings. The molecule has 1 aromatic carbocycles. The molecule has 2 aliphatic heterocycles. The number of urea groups is 1. The standard InChI is InChI=1S/C28H27FN6O2S/c29-21-10-18(34-28(36)33-17-2-3-17)4-6-24(21)37-25-7-8-30-23-11-26(38-27(23)25)22-5-1-16(12-32-22)14-35-15-19-9-20(35)13-31-19/h1,4-8,10-12,17,19-20,31H,2-3,9,13-15H2,(H2,33,34,36)/t19-,20?/m0/s1. The highest BCUT2D eigenvalue weighted by Gasteiger charge is 2.37. The van der Waals surface area contributed by atoms with Crippen molar-refractivity contribution in [2.45, 2.75) is 43.9 Å². The summed E-state index contributed by atoms with van der Waals surface area (Å²) in [5.41, 5.74) is 3.22. The van der Waals surface area contributed by atoms with Crippen molar-refractivity contribution in [2.75, 3.05) is 18.4 Å². The van der Waals surface area contributed by atoms with Gasteiger partial charge in [0.15, 0.2) is 11.6 Å². The predicted octanol–water partition coefficient (Wildman–Crippen LogP) is 5.12. The first-order valence-electron chi connectivity index (χ1n) is 12.9. The molecule has 0 spiro atoms. The Balaban J connectivity index is 1.06. The molecule has 1 saturated carbocycles. The first kappa shape index (κ1) is 23.5. The predicted molar refractivity (Wildman–Crippen MR) is 145 cm³/mol. The van der Waals surface area contributed by atoms with Crippen LogP contribution in [-0.2, 0) is 6.54 Å². The van der Waals surface area contributed by atoms with Crippen molar-refractivity contribution in [1.82, 2.24) is 25.5 Å². The van der Waals surface area contributed by atoms with E-state index in [0.29, 0.717) is 23.5 Å². The van der Waals surface area contributed by atoms with Crippen LogP contribution in [0.25, 0.3) is 20.8 Å². The van der Waals surface area contributed by atoms with Gasteiger partial charge in [-0.05, 0) is 49.1 Å². The van der Waals surface area contributed by atoms with Gasteiger partial charge in [0.1, 0.15) is 5.75 Å². The quantitative estimate of drug-likeness (QED) is 0.307. The van der Waals surface area contributed by atoms with Crippen LogP contribution in [0.4, 0.5) is 14.9 Å². The number of carbonyl (C=O) groups excluding carboxylic acids is 1. The fourth-order valence-electron chi connectivity index (χ4n) is 5.22. The Bertz CT molecular complexity index is 1510. The number of hydrogen-bond donors (Lipinski definition) is 3. The van der Waals surface area contributed by atoms with Gasteiger partial charge in [-0.25, -0.2) is 9.18 Å². The van der Waals surface area contributed by atoms with Gasteiger partial charge in [0, 0.05) is 68.0 Å². The lowest BCUT2D eigenvalue weighted by Crippen LogP contribution is -2.42. The summed E-state index contributed by atoms with van der Waals surface area (Å²) in [6, 6.07) is 13.5. The number of fused-ring (bicyclic) bond motifs is 3. The number of ether oxygens (including phenoxy) is 1. The smallest absolute Gasteiger partial charge is 0.319 e. The van der Waals surface area contributed by atoms with Gasteiger partial charge in [-0.1, -0.05) is 6.07 Å². The van der Waals surface area contributed by atoms with Crippen LogP contribution in [0.15, 0.2) is 54.9 Å². The number of pyridine rings is 2. The lowest BCUT2D eigenvalue weighted by Gasteiger charge is -2.27. The topological polar surface area (TPSA) is 91.4 Å². The van der Waals surface area contributed by atoms with Crippen molar-refractivity contribution in [3.63, 3.8) is 0 Å². The highest BCUT2D eigenvalue weighted by Crippen LogP contribution is 2.39. The largest absolute Gasteiger partial charge is 0.453 e. The second kappa shape index (κ2) is 9.61. The van der Waals surface area contributed by atoms with Crippen molar-refractivity contribution >= 4 is 33.3 Å². The zero-order valence-electron chi connectivity index (χ0n) is 20.6. The summed E-state index contributed by atoms with van der Waals surface area (Å²) in [5.74, 6) is 0.0377. The van der Waals surface area contributed by atoms with E-state index in [9.17, 15) is 9.18 Å². The van der Waals surface area contributed by atoms with Crippen LogP contribution in [0.3, 0.4) is 0 Å². The van der Waals surface area contributed by atoms with Crippen molar-refractivity contribution in [1.29, 1.82) is 0 Å². The van der Waals surface area contributed by atoms with Crippen molar-refractivity contribution < 1.29 is 13.9 Å². The number of likely N-dealkylation sites (tertiary alicyclic amines) is 1. The number of carbonyl (C=O) groups is 1. The maximum Gasteiger partial charge on any atom is 0.319 e. The Hall–Kier alpha value is -3.60. The summed E-state index contributed by atoms with van der Waals surface area (Å²) in [6.45, 7) is 3.11.